The minimum absolute atomic E-state index is 0.0637. The lowest BCUT2D eigenvalue weighted by Gasteiger charge is -2.06. The van der Waals surface area contributed by atoms with Crippen LogP contribution in [-0.4, -0.2) is 28.2 Å². The first-order valence-electron chi connectivity index (χ1n) is 5.47. The second kappa shape index (κ2) is 5.42. The Balaban J connectivity index is 2.33. The Bertz CT molecular complexity index is 551. The highest BCUT2D eigenvalue weighted by Gasteiger charge is 2.10. The number of hydrogen-bond donors (Lipinski definition) is 0. The first-order valence-corrected chi connectivity index (χ1v) is 5.47. The van der Waals surface area contributed by atoms with Crippen LogP contribution < -0.4 is 0 Å². The maximum Gasteiger partial charge on any atom is 0.270 e. The summed E-state index contributed by atoms with van der Waals surface area (Å²) in [7, 11) is 1.63. The smallest absolute Gasteiger partial charge is 0.270 e. The average molecular weight is 247 g/mol. The van der Waals surface area contributed by atoms with Crippen LogP contribution in [0.15, 0.2) is 36.7 Å². The third kappa shape index (κ3) is 2.54. The molecule has 0 saturated carbocycles. The zero-order valence-corrected chi connectivity index (χ0v) is 9.94. The number of non-ortho nitro benzene ring substituents is 1. The molecule has 6 heteroatoms. The van der Waals surface area contributed by atoms with Gasteiger partial charge >= 0.3 is 0 Å². The Hall–Kier alpha value is -2.21. The number of rotatable bonds is 5. The van der Waals surface area contributed by atoms with E-state index in [1.807, 2.05) is 10.8 Å². The van der Waals surface area contributed by atoms with Crippen LogP contribution in [0.1, 0.15) is 0 Å². The molecule has 0 spiro atoms. The molecule has 0 aliphatic carbocycles. The molecule has 0 atom stereocenters. The van der Waals surface area contributed by atoms with Crippen LogP contribution in [0.3, 0.4) is 0 Å². The van der Waals surface area contributed by atoms with Crippen molar-refractivity contribution >= 4 is 5.69 Å². The summed E-state index contributed by atoms with van der Waals surface area (Å²) in [5.41, 5.74) is 0.791. The third-order valence-electron chi connectivity index (χ3n) is 2.57. The van der Waals surface area contributed by atoms with Gasteiger partial charge in [0.1, 0.15) is 5.82 Å². The molecule has 0 radical (unpaired) electrons. The summed E-state index contributed by atoms with van der Waals surface area (Å²) in [6.45, 7) is 1.23. The van der Waals surface area contributed by atoms with Gasteiger partial charge in [0, 0.05) is 43.7 Å². The van der Waals surface area contributed by atoms with Crippen LogP contribution in [0, 0.1) is 10.1 Å². The zero-order chi connectivity index (χ0) is 13.0. The molecule has 1 aromatic carbocycles. The Morgan fingerprint density at radius 2 is 2.33 bits per heavy atom. The van der Waals surface area contributed by atoms with Crippen molar-refractivity contribution in [2.24, 2.45) is 0 Å². The van der Waals surface area contributed by atoms with E-state index in [4.69, 9.17) is 4.74 Å². The van der Waals surface area contributed by atoms with Gasteiger partial charge in [-0.1, -0.05) is 12.1 Å². The summed E-state index contributed by atoms with van der Waals surface area (Å²) < 4.78 is 6.92. The highest BCUT2D eigenvalue weighted by molar-refractivity contribution is 5.59. The van der Waals surface area contributed by atoms with Crippen molar-refractivity contribution in [2.45, 2.75) is 6.54 Å². The maximum atomic E-state index is 10.7. The number of methoxy groups -OCH3 is 1. The Morgan fingerprint density at radius 1 is 1.50 bits per heavy atom. The molecular formula is C12H13N3O3. The van der Waals surface area contributed by atoms with Gasteiger partial charge in [0.05, 0.1) is 11.5 Å². The number of nitrogens with zero attached hydrogens (tertiary/aromatic N) is 3. The molecule has 1 heterocycles. The Kier molecular flexibility index (Phi) is 3.69. The first kappa shape index (κ1) is 12.3. The highest BCUT2D eigenvalue weighted by atomic mass is 16.6. The molecule has 0 unspecified atom stereocenters. The molecule has 1 aromatic heterocycles. The Labute approximate surface area is 104 Å². The minimum atomic E-state index is -0.411. The number of imidazole rings is 1. The van der Waals surface area contributed by atoms with Crippen LogP contribution in [0.5, 0.6) is 0 Å². The molecule has 0 aliphatic heterocycles. The van der Waals surface area contributed by atoms with E-state index in [-0.39, 0.29) is 5.69 Å². The molecule has 2 aromatic rings. The van der Waals surface area contributed by atoms with E-state index >= 15 is 0 Å². The van der Waals surface area contributed by atoms with Crippen LogP contribution in [0.25, 0.3) is 11.4 Å². The van der Waals surface area contributed by atoms with E-state index in [0.717, 1.165) is 5.56 Å². The van der Waals surface area contributed by atoms with E-state index in [9.17, 15) is 10.1 Å². The van der Waals surface area contributed by atoms with E-state index < -0.39 is 4.92 Å². The molecule has 0 bridgehead atoms. The van der Waals surface area contributed by atoms with Gasteiger partial charge in [-0.05, 0) is 0 Å². The van der Waals surface area contributed by atoms with Crippen molar-refractivity contribution < 1.29 is 9.66 Å². The topological polar surface area (TPSA) is 70.2 Å². The van der Waals surface area contributed by atoms with Gasteiger partial charge in [-0.3, -0.25) is 10.1 Å². The highest BCUT2D eigenvalue weighted by Crippen LogP contribution is 2.22. The molecular weight excluding hydrogens is 234 g/mol. The van der Waals surface area contributed by atoms with Crippen molar-refractivity contribution in [3.05, 3.63) is 46.8 Å². The largest absolute Gasteiger partial charge is 0.383 e. The SMILES string of the molecule is COCCn1ccnc1-c1cccc([N+](=O)[O-])c1. The summed E-state index contributed by atoms with van der Waals surface area (Å²) >= 11 is 0. The standard InChI is InChI=1S/C12H13N3O3/c1-18-8-7-14-6-5-13-12(14)10-3-2-4-11(9-10)15(16)17/h2-6,9H,7-8H2,1H3. The van der Waals surface area contributed by atoms with Gasteiger partial charge in [0.15, 0.2) is 0 Å². The quantitative estimate of drug-likeness (QED) is 0.599. The Morgan fingerprint density at radius 3 is 3.06 bits per heavy atom. The lowest BCUT2D eigenvalue weighted by molar-refractivity contribution is -0.384. The van der Waals surface area contributed by atoms with Crippen molar-refractivity contribution in [1.82, 2.24) is 9.55 Å². The number of aromatic nitrogens is 2. The van der Waals surface area contributed by atoms with Crippen molar-refractivity contribution in [3.8, 4) is 11.4 Å². The predicted octanol–water partition coefficient (Wildman–Crippen LogP) is 2.10. The molecule has 2 rings (SSSR count). The van der Waals surface area contributed by atoms with Gasteiger partial charge in [-0.2, -0.15) is 0 Å². The van der Waals surface area contributed by atoms with E-state index in [2.05, 4.69) is 4.98 Å². The van der Waals surface area contributed by atoms with E-state index in [1.165, 1.54) is 12.1 Å². The van der Waals surface area contributed by atoms with Crippen molar-refractivity contribution in [1.29, 1.82) is 0 Å². The van der Waals surface area contributed by atoms with Gasteiger partial charge < -0.3 is 9.30 Å². The van der Waals surface area contributed by atoms with Crippen LogP contribution in [0.4, 0.5) is 5.69 Å². The number of nitro groups is 1. The molecule has 18 heavy (non-hydrogen) atoms. The molecule has 0 saturated heterocycles. The van der Waals surface area contributed by atoms with Crippen molar-refractivity contribution in [2.75, 3.05) is 13.7 Å². The molecule has 0 fully saturated rings. The van der Waals surface area contributed by atoms with Gasteiger partial charge in [0.2, 0.25) is 0 Å². The summed E-state index contributed by atoms with van der Waals surface area (Å²) in [6, 6.07) is 6.44. The lowest BCUT2D eigenvalue weighted by atomic mass is 10.2. The van der Waals surface area contributed by atoms with Crippen LogP contribution in [0.2, 0.25) is 0 Å². The van der Waals surface area contributed by atoms with Crippen LogP contribution in [-0.2, 0) is 11.3 Å². The summed E-state index contributed by atoms with van der Waals surface area (Å²) in [5.74, 6) is 0.704. The summed E-state index contributed by atoms with van der Waals surface area (Å²) in [6.07, 6.45) is 3.50. The normalized spacial score (nSPS) is 10.5. The van der Waals surface area contributed by atoms with Crippen molar-refractivity contribution in [3.63, 3.8) is 0 Å². The fraction of sp³-hybridized carbons (Fsp3) is 0.250. The molecule has 94 valence electrons. The fourth-order valence-electron chi connectivity index (χ4n) is 1.70. The second-order valence-electron chi connectivity index (χ2n) is 3.74. The van der Waals surface area contributed by atoms with E-state index in [1.54, 1.807) is 25.4 Å². The summed E-state index contributed by atoms with van der Waals surface area (Å²) in [4.78, 5) is 14.6. The molecule has 0 N–H and O–H groups in total. The minimum Gasteiger partial charge on any atom is -0.383 e. The number of nitro benzene ring substituents is 1. The maximum absolute atomic E-state index is 10.7. The van der Waals surface area contributed by atoms with Gasteiger partial charge in [-0.15, -0.1) is 0 Å². The average Bonchev–Trinajstić information content (AvgIpc) is 2.84. The number of ether oxygens (including phenoxy) is 1. The number of hydrogen-bond acceptors (Lipinski definition) is 4. The second-order valence-corrected chi connectivity index (χ2v) is 3.74. The zero-order valence-electron chi connectivity index (χ0n) is 9.94. The molecule has 0 aliphatic rings. The van der Waals surface area contributed by atoms with Gasteiger partial charge in [0.25, 0.3) is 5.69 Å². The summed E-state index contributed by atoms with van der Waals surface area (Å²) in [5, 5.41) is 10.7. The fourth-order valence-corrected chi connectivity index (χ4v) is 1.70. The third-order valence-corrected chi connectivity index (χ3v) is 2.57. The lowest BCUT2D eigenvalue weighted by Crippen LogP contribution is -2.05. The molecule has 6 nitrogen and oxygen atoms in total. The first-order chi connectivity index (χ1) is 8.72. The molecule has 0 amide bonds. The monoisotopic (exact) mass is 247 g/mol. The van der Waals surface area contributed by atoms with Crippen LogP contribution >= 0.6 is 0 Å². The predicted molar refractivity (Wildman–Crippen MR) is 66.2 cm³/mol. The van der Waals surface area contributed by atoms with E-state index in [0.29, 0.717) is 19.0 Å². The number of benzene rings is 1. The van der Waals surface area contributed by atoms with Gasteiger partial charge in [-0.25, -0.2) is 4.98 Å².